The van der Waals surface area contributed by atoms with Crippen LogP contribution < -0.4 is 9.13 Å². The Labute approximate surface area is 233 Å². The van der Waals surface area contributed by atoms with Gasteiger partial charge in [0.05, 0.1) is 5.56 Å². The van der Waals surface area contributed by atoms with E-state index in [0.29, 0.717) is 5.92 Å². The Morgan fingerprint density at radius 2 is 1.60 bits per heavy atom. The molecule has 40 heavy (non-hydrogen) atoms. The third-order valence-electron chi connectivity index (χ3n) is 9.52. The van der Waals surface area contributed by atoms with Crippen LogP contribution in [0.15, 0.2) is 95.2 Å². The highest BCUT2D eigenvalue weighted by molar-refractivity contribution is 6.12. The number of hydrogen-bond donors (Lipinski definition) is 0. The summed E-state index contributed by atoms with van der Waals surface area (Å²) in [4.78, 5) is 0. The van der Waals surface area contributed by atoms with Crippen LogP contribution in [-0.2, 0) is 12.1 Å². The zero-order valence-electron chi connectivity index (χ0n) is 23.2. The molecule has 6 aromatic rings. The van der Waals surface area contributed by atoms with Crippen molar-refractivity contribution in [2.24, 2.45) is 0 Å². The zero-order valence-corrected chi connectivity index (χ0v) is 23.2. The van der Waals surface area contributed by atoms with Gasteiger partial charge in [0.2, 0.25) is 11.4 Å². The van der Waals surface area contributed by atoms with E-state index in [1.54, 1.807) is 0 Å². The maximum atomic E-state index is 6.99. The van der Waals surface area contributed by atoms with Gasteiger partial charge in [-0.15, -0.1) is 9.13 Å². The molecule has 0 saturated heterocycles. The van der Waals surface area contributed by atoms with E-state index in [0.717, 1.165) is 17.6 Å². The number of hydrogen-bond acceptors (Lipinski definition) is 1. The van der Waals surface area contributed by atoms with E-state index >= 15 is 0 Å². The van der Waals surface area contributed by atoms with Crippen LogP contribution in [0.1, 0.15) is 60.1 Å². The van der Waals surface area contributed by atoms with Crippen LogP contribution in [0.4, 0.5) is 0 Å². The summed E-state index contributed by atoms with van der Waals surface area (Å²) in [5, 5.41) is 2.39. The van der Waals surface area contributed by atoms with Crippen molar-refractivity contribution < 1.29 is 13.6 Å². The average molecular weight is 519 g/mol. The fourth-order valence-electron chi connectivity index (χ4n) is 7.91. The van der Waals surface area contributed by atoms with Crippen LogP contribution >= 0.6 is 0 Å². The lowest BCUT2D eigenvalue weighted by Crippen LogP contribution is -2.71. The SMILES string of the molecule is CC1=Cc2c(ccc3c2oc2c4c(ccc23)C2(c3ccccc3-c3cccc[n+]32)[n+]2cc(C)c(C(C)C)cc2-4)C1. The van der Waals surface area contributed by atoms with Crippen LogP contribution in [0, 0.1) is 6.92 Å². The fourth-order valence-corrected chi connectivity index (χ4v) is 7.91. The summed E-state index contributed by atoms with van der Waals surface area (Å²) in [7, 11) is 0. The van der Waals surface area contributed by atoms with E-state index < -0.39 is 5.66 Å². The first-order valence-corrected chi connectivity index (χ1v) is 14.4. The Kier molecular flexibility index (Phi) is 4.11. The lowest BCUT2D eigenvalue weighted by molar-refractivity contribution is -0.955. The number of aryl methyl sites for hydroxylation is 1. The van der Waals surface area contributed by atoms with E-state index in [-0.39, 0.29) is 0 Å². The first-order valence-electron chi connectivity index (χ1n) is 14.4. The highest BCUT2D eigenvalue weighted by Crippen LogP contribution is 2.51. The van der Waals surface area contributed by atoms with Crippen LogP contribution in [0.25, 0.3) is 50.5 Å². The lowest BCUT2D eigenvalue weighted by atomic mass is 9.89. The summed E-state index contributed by atoms with van der Waals surface area (Å²) in [5.74, 6) is 0.424. The molecule has 3 nitrogen and oxygen atoms in total. The Balaban J connectivity index is 1.49. The third-order valence-corrected chi connectivity index (χ3v) is 9.52. The molecular weight excluding hydrogens is 488 g/mol. The topological polar surface area (TPSA) is 20.9 Å². The Bertz CT molecular complexity index is 2100. The number of rotatable bonds is 1. The molecule has 0 radical (unpaired) electrons. The van der Waals surface area contributed by atoms with Crippen molar-refractivity contribution in [1.82, 2.24) is 0 Å². The second-order valence-corrected chi connectivity index (χ2v) is 12.1. The summed E-state index contributed by atoms with van der Waals surface area (Å²) in [6, 6.07) is 27.1. The third kappa shape index (κ3) is 2.48. The Morgan fingerprint density at radius 1 is 0.800 bits per heavy atom. The molecule has 3 aromatic carbocycles. The van der Waals surface area contributed by atoms with E-state index in [1.807, 2.05) is 0 Å². The normalized spacial score (nSPS) is 17.9. The summed E-state index contributed by atoms with van der Waals surface area (Å²) < 4.78 is 12.0. The molecule has 0 saturated carbocycles. The maximum Gasteiger partial charge on any atom is 0.417 e. The molecule has 3 heteroatoms. The van der Waals surface area contributed by atoms with Gasteiger partial charge in [-0.05, 0) is 67.6 Å². The molecule has 1 unspecified atom stereocenters. The average Bonchev–Trinajstić information content (AvgIpc) is 3.68. The van der Waals surface area contributed by atoms with Crippen molar-refractivity contribution in [3.05, 3.63) is 124 Å². The lowest BCUT2D eigenvalue weighted by Gasteiger charge is -2.18. The smallest absolute Gasteiger partial charge is 0.417 e. The van der Waals surface area contributed by atoms with E-state index in [1.165, 1.54) is 72.2 Å². The number of aromatic nitrogens is 2. The first kappa shape index (κ1) is 22.3. The predicted molar refractivity (Wildman–Crippen MR) is 159 cm³/mol. The van der Waals surface area contributed by atoms with Crippen molar-refractivity contribution in [1.29, 1.82) is 0 Å². The van der Waals surface area contributed by atoms with Crippen LogP contribution in [0.2, 0.25) is 0 Å². The quantitative estimate of drug-likeness (QED) is 0.203. The maximum absolute atomic E-state index is 6.99. The van der Waals surface area contributed by atoms with Gasteiger partial charge < -0.3 is 4.42 Å². The van der Waals surface area contributed by atoms with Crippen molar-refractivity contribution in [3.8, 4) is 22.5 Å². The fraction of sp³-hybridized carbons (Fsp3) is 0.189. The minimum Gasteiger partial charge on any atom is -0.454 e. The van der Waals surface area contributed by atoms with Gasteiger partial charge >= 0.3 is 5.66 Å². The molecule has 3 aromatic heterocycles. The van der Waals surface area contributed by atoms with Gasteiger partial charge in [-0.25, -0.2) is 0 Å². The van der Waals surface area contributed by atoms with E-state index in [4.69, 9.17) is 4.42 Å². The van der Waals surface area contributed by atoms with Crippen molar-refractivity contribution >= 4 is 28.0 Å². The molecule has 1 atom stereocenters. The molecule has 2 aliphatic heterocycles. The van der Waals surface area contributed by atoms with Crippen LogP contribution in [0.3, 0.4) is 0 Å². The van der Waals surface area contributed by atoms with Gasteiger partial charge in [0.15, 0.2) is 12.4 Å². The summed E-state index contributed by atoms with van der Waals surface area (Å²) in [5.41, 5.74) is 15.7. The van der Waals surface area contributed by atoms with Gasteiger partial charge in [0.1, 0.15) is 27.9 Å². The minimum absolute atomic E-state index is 0.424. The molecule has 192 valence electrons. The molecular formula is C37H30N2O+2. The zero-order chi connectivity index (χ0) is 26.9. The molecule has 1 aliphatic carbocycles. The standard InChI is InChI=1S/C37H30N2O/c1-21(2)28-19-33-34-31(15-14-26-25-13-12-24-17-22(3)18-29(24)35(25)40-36(26)34)37(39(33)20-23(28)4)30-10-6-5-9-27(30)32-11-7-8-16-38(32)37/h5-16,18-21H,17H2,1-4H3/q+2. The summed E-state index contributed by atoms with van der Waals surface area (Å²) >= 11 is 0. The molecule has 0 bridgehead atoms. The molecule has 5 heterocycles. The number of benzene rings is 3. The van der Waals surface area contributed by atoms with Gasteiger partial charge in [0, 0.05) is 40.1 Å². The summed E-state index contributed by atoms with van der Waals surface area (Å²) in [6.07, 6.45) is 7.94. The Morgan fingerprint density at radius 3 is 2.48 bits per heavy atom. The number of pyridine rings is 2. The molecule has 0 N–H and O–H groups in total. The Hall–Kier alpha value is -4.50. The number of fused-ring (bicyclic) bond motifs is 16. The molecule has 0 fully saturated rings. The van der Waals surface area contributed by atoms with Crippen molar-refractivity contribution in [2.75, 3.05) is 0 Å². The van der Waals surface area contributed by atoms with Crippen molar-refractivity contribution in [2.45, 2.75) is 45.7 Å². The predicted octanol–water partition coefficient (Wildman–Crippen LogP) is 7.81. The van der Waals surface area contributed by atoms with Crippen LogP contribution in [-0.4, -0.2) is 0 Å². The molecule has 1 spiro atoms. The molecule has 3 aliphatic rings. The number of furan rings is 1. The number of nitrogens with zero attached hydrogens (tertiary/aromatic N) is 2. The van der Waals surface area contributed by atoms with Gasteiger partial charge in [-0.1, -0.05) is 49.8 Å². The minimum atomic E-state index is -0.524. The number of allylic oxidation sites excluding steroid dienone is 1. The first-order chi connectivity index (χ1) is 19.5. The highest BCUT2D eigenvalue weighted by Gasteiger charge is 2.67. The van der Waals surface area contributed by atoms with Crippen LogP contribution in [0.5, 0.6) is 0 Å². The van der Waals surface area contributed by atoms with Gasteiger partial charge in [0.25, 0.3) is 0 Å². The van der Waals surface area contributed by atoms with E-state index in [2.05, 4.69) is 128 Å². The monoisotopic (exact) mass is 518 g/mol. The van der Waals surface area contributed by atoms with Crippen molar-refractivity contribution in [3.63, 3.8) is 0 Å². The summed E-state index contributed by atoms with van der Waals surface area (Å²) in [6.45, 7) is 9.05. The molecule has 9 rings (SSSR count). The van der Waals surface area contributed by atoms with E-state index in [9.17, 15) is 0 Å². The largest absolute Gasteiger partial charge is 0.454 e. The van der Waals surface area contributed by atoms with Gasteiger partial charge in [-0.3, -0.25) is 0 Å². The van der Waals surface area contributed by atoms with Gasteiger partial charge in [-0.2, -0.15) is 0 Å². The second kappa shape index (κ2) is 7.37. The second-order valence-electron chi connectivity index (χ2n) is 12.1. The highest BCUT2D eigenvalue weighted by atomic mass is 16.3. The molecule has 0 amide bonds.